The SMILES string of the molecule is C#CCCC[C@H](NC(=O)[C@@H](O)c1ccccc1)C(=O)OC. The number of methoxy groups -OCH3 is 1. The molecule has 0 spiro atoms. The van der Waals surface area contributed by atoms with Crippen LogP contribution in [0.25, 0.3) is 0 Å². The van der Waals surface area contributed by atoms with Gasteiger partial charge in [-0.3, -0.25) is 4.79 Å². The molecule has 1 aromatic rings. The second kappa shape index (κ2) is 8.77. The molecule has 2 N–H and O–H groups in total. The van der Waals surface area contributed by atoms with Gasteiger partial charge < -0.3 is 15.2 Å². The van der Waals surface area contributed by atoms with Crippen LogP contribution in [0.5, 0.6) is 0 Å². The maximum Gasteiger partial charge on any atom is 0.328 e. The molecule has 21 heavy (non-hydrogen) atoms. The zero-order valence-corrected chi connectivity index (χ0v) is 11.9. The number of aliphatic hydroxyl groups excluding tert-OH is 1. The Morgan fingerprint density at radius 1 is 1.38 bits per heavy atom. The molecule has 0 aliphatic heterocycles. The van der Waals surface area contributed by atoms with E-state index in [9.17, 15) is 14.7 Å². The quantitative estimate of drug-likeness (QED) is 0.449. The number of rotatable bonds is 7. The van der Waals surface area contributed by atoms with Crippen molar-refractivity contribution in [2.24, 2.45) is 0 Å². The van der Waals surface area contributed by atoms with E-state index < -0.39 is 24.0 Å². The highest BCUT2D eigenvalue weighted by Crippen LogP contribution is 2.13. The summed E-state index contributed by atoms with van der Waals surface area (Å²) in [5.74, 6) is 1.27. The van der Waals surface area contributed by atoms with Gasteiger partial charge in [-0.15, -0.1) is 12.3 Å². The lowest BCUT2D eigenvalue weighted by Gasteiger charge is -2.18. The molecule has 5 heteroatoms. The van der Waals surface area contributed by atoms with Crippen LogP contribution in [0.4, 0.5) is 0 Å². The Labute approximate surface area is 124 Å². The van der Waals surface area contributed by atoms with Crippen molar-refractivity contribution in [1.29, 1.82) is 0 Å². The molecule has 0 saturated heterocycles. The van der Waals surface area contributed by atoms with E-state index >= 15 is 0 Å². The van der Waals surface area contributed by atoms with Crippen molar-refractivity contribution in [3.63, 3.8) is 0 Å². The first-order valence-electron chi connectivity index (χ1n) is 6.64. The summed E-state index contributed by atoms with van der Waals surface area (Å²) in [7, 11) is 1.25. The van der Waals surface area contributed by atoms with E-state index in [0.717, 1.165) is 0 Å². The lowest BCUT2D eigenvalue weighted by atomic mass is 10.1. The summed E-state index contributed by atoms with van der Waals surface area (Å²) in [5.41, 5.74) is 0.460. The third-order valence-corrected chi connectivity index (χ3v) is 2.98. The number of hydrogen-bond acceptors (Lipinski definition) is 4. The number of benzene rings is 1. The minimum atomic E-state index is -1.33. The van der Waals surface area contributed by atoms with Crippen LogP contribution in [-0.4, -0.2) is 30.1 Å². The number of aliphatic hydroxyl groups is 1. The molecule has 0 heterocycles. The van der Waals surface area contributed by atoms with E-state index in [-0.39, 0.29) is 0 Å². The molecule has 0 saturated carbocycles. The van der Waals surface area contributed by atoms with Gasteiger partial charge in [-0.25, -0.2) is 4.79 Å². The molecule has 0 aromatic heterocycles. The number of nitrogens with one attached hydrogen (secondary N) is 1. The van der Waals surface area contributed by atoms with Gasteiger partial charge in [0.25, 0.3) is 5.91 Å². The van der Waals surface area contributed by atoms with E-state index in [1.165, 1.54) is 7.11 Å². The Balaban J connectivity index is 2.67. The number of carbonyl (C=O) groups excluding carboxylic acids is 2. The summed E-state index contributed by atoms with van der Waals surface area (Å²) in [6, 6.07) is 7.68. The first-order valence-corrected chi connectivity index (χ1v) is 6.64. The van der Waals surface area contributed by atoms with Crippen molar-refractivity contribution >= 4 is 11.9 Å². The molecule has 112 valence electrons. The molecule has 1 amide bonds. The first kappa shape index (κ1) is 16.7. The molecular weight excluding hydrogens is 270 g/mol. The average Bonchev–Trinajstić information content (AvgIpc) is 2.53. The molecule has 0 unspecified atom stereocenters. The van der Waals surface area contributed by atoms with Crippen LogP contribution in [0.3, 0.4) is 0 Å². The zero-order valence-electron chi connectivity index (χ0n) is 11.9. The number of unbranched alkanes of at least 4 members (excludes halogenated alkanes) is 1. The monoisotopic (exact) mass is 289 g/mol. The standard InChI is InChI=1S/C16H19NO4/c1-3-4-6-11-13(16(20)21-2)17-15(19)14(18)12-9-7-5-8-10-12/h1,5,7-10,13-14,18H,4,6,11H2,2H3,(H,17,19)/t13-,14-/m0/s1. The molecule has 0 aliphatic carbocycles. The minimum absolute atomic E-state index is 0.365. The van der Waals surface area contributed by atoms with Crippen molar-refractivity contribution in [2.45, 2.75) is 31.4 Å². The summed E-state index contributed by atoms with van der Waals surface area (Å²) in [6.07, 6.45) is 5.28. The van der Waals surface area contributed by atoms with Crippen molar-refractivity contribution in [3.05, 3.63) is 35.9 Å². The normalized spacial score (nSPS) is 12.8. The van der Waals surface area contributed by atoms with Gasteiger partial charge >= 0.3 is 5.97 Å². The second-order valence-corrected chi connectivity index (χ2v) is 4.49. The smallest absolute Gasteiger partial charge is 0.328 e. The van der Waals surface area contributed by atoms with Crippen LogP contribution in [0.2, 0.25) is 0 Å². The van der Waals surface area contributed by atoms with Gasteiger partial charge in [0, 0.05) is 6.42 Å². The molecule has 1 aromatic carbocycles. The Bertz CT molecular complexity index is 507. The Morgan fingerprint density at radius 2 is 2.05 bits per heavy atom. The average molecular weight is 289 g/mol. The van der Waals surface area contributed by atoms with Crippen LogP contribution < -0.4 is 5.32 Å². The van der Waals surface area contributed by atoms with E-state index in [4.69, 9.17) is 6.42 Å². The summed E-state index contributed by atoms with van der Waals surface area (Å²) in [6.45, 7) is 0. The van der Waals surface area contributed by atoms with E-state index in [1.807, 2.05) is 0 Å². The fourth-order valence-electron chi connectivity index (χ4n) is 1.84. The largest absolute Gasteiger partial charge is 0.467 e. The van der Waals surface area contributed by atoms with Gasteiger partial charge in [-0.05, 0) is 18.4 Å². The number of amides is 1. The van der Waals surface area contributed by atoms with Gasteiger partial charge in [0.1, 0.15) is 6.04 Å². The van der Waals surface area contributed by atoms with Crippen LogP contribution in [-0.2, 0) is 14.3 Å². The summed E-state index contributed by atoms with van der Waals surface area (Å²) in [5, 5.41) is 12.5. The van der Waals surface area contributed by atoms with E-state index in [2.05, 4.69) is 16.0 Å². The van der Waals surface area contributed by atoms with Gasteiger partial charge in [-0.2, -0.15) is 0 Å². The molecular formula is C16H19NO4. The molecule has 1 rings (SSSR count). The number of esters is 1. The molecule has 0 aliphatic rings. The van der Waals surface area contributed by atoms with Gasteiger partial charge in [0.2, 0.25) is 0 Å². The maximum atomic E-state index is 12.0. The topological polar surface area (TPSA) is 75.6 Å². The molecule has 0 fully saturated rings. The highest BCUT2D eigenvalue weighted by atomic mass is 16.5. The Morgan fingerprint density at radius 3 is 2.62 bits per heavy atom. The number of hydrogen-bond donors (Lipinski definition) is 2. The van der Waals surface area contributed by atoms with Crippen molar-refractivity contribution < 1.29 is 19.4 Å². The fraction of sp³-hybridized carbons (Fsp3) is 0.375. The van der Waals surface area contributed by atoms with Gasteiger partial charge in [-0.1, -0.05) is 30.3 Å². The zero-order chi connectivity index (χ0) is 15.7. The Hall–Kier alpha value is -2.32. The van der Waals surface area contributed by atoms with Crippen molar-refractivity contribution in [1.82, 2.24) is 5.32 Å². The van der Waals surface area contributed by atoms with Gasteiger partial charge in [0.15, 0.2) is 6.10 Å². The highest BCUT2D eigenvalue weighted by Gasteiger charge is 2.25. The number of ether oxygens (including phenoxy) is 1. The second-order valence-electron chi connectivity index (χ2n) is 4.49. The molecule has 0 bridgehead atoms. The number of carbonyl (C=O) groups is 2. The molecule has 2 atom stereocenters. The van der Waals surface area contributed by atoms with Crippen molar-refractivity contribution in [3.8, 4) is 12.3 Å². The predicted octanol–water partition coefficient (Wildman–Crippen LogP) is 1.18. The van der Waals surface area contributed by atoms with Crippen LogP contribution in [0.15, 0.2) is 30.3 Å². The lowest BCUT2D eigenvalue weighted by molar-refractivity contribution is -0.146. The third-order valence-electron chi connectivity index (χ3n) is 2.98. The minimum Gasteiger partial charge on any atom is -0.467 e. The molecule has 0 radical (unpaired) electrons. The summed E-state index contributed by atoms with van der Waals surface area (Å²) >= 11 is 0. The maximum absolute atomic E-state index is 12.0. The van der Waals surface area contributed by atoms with Gasteiger partial charge in [0.05, 0.1) is 7.11 Å². The van der Waals surface area contributed by atoms with Crippen molar-refractivity contribution in [2.75, 3.05) is 7.11 Å². The molecule has 5 nitrogen and oxygen atoms in total. The summed E-state index contributed by atoms with van der Waals surface area (Å²) < 4.78 is 4.64. The fourth-order valence-corrected chi connectivity index (χ4v) is 1.84. The van der Waals surface area contributed by atoms with Crippen LogP contribution in [0.1, 0.15) is 30.9 Å². The van der Waals surface area contributed by atoms with Crippen LogP contribution >= 0.6 is 0 Å². The first-order chi connectivity index (χ1) is 10.1. The third kappa shape index (κ3) is 5.28. The van der Waals surface area contributed by atoms with E-state index in [0.29, 0.717) is 24.8 Å². The van der Waals surface area contributed by atoms with E-state index in [1.54, 1.807) is 30.3 Å². The predicted molar refractivity (Wildman–Crippen MR) is 78.0 cm³/mol. The summed E-state index contributed by atoms with van der Waals surface area (Å²) in [4.78, 5) is 23.6. The highest BCUT2D eigenvalue weighted by molar-refractivity contribution is 5.87. The lowest BCUT2D eigenvalue weighted by Crippen LogP contribution is -2.43. The van der Waals surface area contributed by atoms with Crippen LogP contribution in [0, 0.1) is 12.3 Å². The number of terminal acetylenes is 1. The Kier molecular flexibility index (Phi) is 6.99.